The molecule has 0 unspecified atom stereocenters. The van der Waals surface area contributed by atoms with Gasteiger partial charge < -0.3 is 4.98 Å². The van der Waals surface area contributed by atoms with Crippen molar-refractivity contribution in [3.63, 3.8) is 0 Å². The third kappa shape index (κ3) is 8.06. The Morgan fingerprint density at radius 3 is 1.46 bits per heavy atom. The maximum Gasteiger partial charge on any atom is 0.205 e. The second-order valence-electron chi connectivity index (χ2n) is 21.2. The van der Waals surface area contributed by atoms with Crippen LogP contribution in [-0.4, -0.2) is 85.2 Å². The average molecular weight is 1390 g/mol. The molecule has 12 aromatic heterocycles. The molecule has 0 saturated carbocycles. The molecule has 21 heteroatoms. The minimum absolute atomic E-state index is 0.0337. The Kier molecular flexibility index (Phi) is 13.9. The number of hydrogen-bond acceptors (Lipinski definition) is 18. The van der Waals surface area contributed by atoms with E-state index in [0.717, 1.165) is 92.0 Å². The van der Waals surface area contributed by atoms with Crippen LogP contribution in [0.5, 0.6) is 0 Å². The van der Waals surface area contributed by atoms with Crippen molar-refractivity contribution in [2.45, 2.75) is 110 Å². The first-order valence-corrected chi connectivity index (χ1v) is 36.6. The van der Waals surface area contributed by atoms with Crippen molar-refractivity contribution < 1.29 is 42.8 Å². The van der Waals surface area contributed by atoms with Crippen LogP contribution in [0.15, 0.2) is 4.42 Å². The number of H-pyrrole nitrogens is 1. The zero-order chi connectivity index (χ0) is 60.0. The predicted octanol–water partition coefficient (Wildman–Crippen LogP) is 16.3. The van der Waals surface area contributed by atoms with Crippen LogP contribution in [0.25, 0.3) is 41.2 Å². The molecule has 11 nitrogen and oxygen atoms in total. The fourth-order valence-corrected chi connectivity index (χ4v) is 26.4. The van der Waals surface area contributed by atoms with E-state index in [0.29, 0.717) is 95.6 Å². The molecule has 1 N–H and O–H groups in total. The fraction of sp³-hybridized carbons (Fsp3) is 0.254. The van der Waals surface area contributed by atoms with Gasteiger partial charge in [-0.25, -0.2) is 4.98 Å². The summed E-state index contributed by atoms with van der Waals surface area (Å²) in [6.07, 6.45) is 0.805. The molecule has 16 rings (SSSR count). The predicted molar refractivity (Wildman–Crippen MR) is 346 cm³/mol. The molecule has 84 heavy (non-hydrogen) atoms. The number of carbonyl (C=O) groups is 8. The van der Waals surface area contributed by atoms with Crippen molar-refractivity contribution in [2.24, 2.45) is 0 Å². The molecule has 0 aliphatic heterocycles. The number of aromatic amines is 1. The fourth-order valence-electron chi connectivity index (χ4n) is 12.3. The zero-order valence-corrected chi connectivity index (χ0v) is 57.9. The van der Waals surface area contributed by atoms with Crippen LogP contribution in [-0.2, 0) is 6.42 Å². The van der Waals surface area contributed by atoms with Crippen LogP contribution in [0.2, 0.25) is 0 Å². The van der Waals surface area contributed by atoms with Gasteiger partial charge in [-0.1, -0.05) is 0 Å². The normalized spacial score (nSPS) is 13.9. The zero-order valence-electron chi connectivity index (χ0n) is 47.9. The van der Waals surface area contributed by atoms with Crippen LogP contribution in [0.1, 0.15) is 205 Å². The van der Waals surface area contributed by atoms with Gasteiger partial charge in [0.1, 0.15) is 17.2 Å². The molecule has 0 spiro atoms. The van der Waals surface area contributed by atoms with E-state index in [9.17, 15) is 38.4 Å². The number of rotatable bonds is 1. The molecule has 12 heterocycles. The van der Waals surface area contributed by atoms with Gasteiger partial charge in [-0.15, -0.1) is 56.7 Å². The number of furan rings is 1. The number of imidazole rings is 1. The third-order valence-electron chi connectivity index (χ3n) is 16.0. The topological polar surface area (TPSA) is 178 Å². The Labute approximate surface area is 524 Å². The number of ketones is 8. The summed E-state index contributed by atoms with van der Waals surface area (Å²) < 4.78 is 14.1. The second kappa shape index (κ2) is 20.3. The van der Waals surface area contributed by atoms with Crippen LogP contribution in [0.4, 0.5) is 0 Å². The van der Waals surface area contributed by atoms with E-state index in [-0.39, 0.29) is 72.2 Å². The summed E-state index contributed by atoms with van der Waals surface area (Å²) in [6, 6.07) is 0. The van der Waals surface area contributed by atoms with Gasteiger partial charge in [-0.3, -0.25) is 19.2 Å². The van der Waals surface area contributed by atoms with Gasteiger partial charge in [0.05, 0.1) is 25.8 Å². The Balaban J connectivity index is 0.000000105. The molecule has 12 aromatic rings. The molecule has 4 aliphatic rings. The van der Waals surface area contributed by atoms with Gasteiger partial charge >= 0.3 is 274 Å². The molecule has 4 aliphatic carbocycles. The van der Waals surface area contributed by atoms with Crippen molar-refractivity contribution in [1.82, 2.24) is 9.97 Å². The maximum absolute atomic E-state index is 13.1. The Bertz CT molecular complexity index is 5100. The van der Waals surface area contributed by atoms with Gasteiger partial charge in [-0.2, -0.15) is 0 Å². The second-order valence-corrected chi connectivity index (χ2v) is 37.1. The number of thiophene rings is 8. The number of hydrogen-bond donors (Lipinski definition) is 1. The summed E-state index contributed by atoms with van der Waals surface area (Å²) in [4.78, 5) is 122. The molecule has 0 aromatic carbocycles. The average Bonchev–Trinajstić information content (AvgIpc) is 1.74. The van der Waals surface area contributed by atoms with Crippen molar-refractivity contribution >= 4 is 207 Å². The first kappa shape index (κ1) is 57.6. The van der Waals surface area contributed by atoms with Crippen LogP contribution in [0.3, 0.4) is 0 Å². The van der Waals surface area contributed by atoms with Gasteiger partial charge in [-0.05, 0) is 54.0 Å². The minimum atomic E-state index is -0.135. The molecule has 424 valence electrons. The molecule has 0 fully saturated rings. The number of nitrogens with one attached hydrogen (secondary N) is 1. The molecule has 0 bridgehead atoms. The van der Waals surface area contributed by atoms with Gasteiger partial charge in [0, 0.05) is 50.1 Å². The largest absolute Gasteiger partial charge is 0.288 e. The van der Waals surface area contributed by atoms with E-state index in [1.54, 1.807) is 40.9 Å². The van der Waals surface area contributed by atoms with Crippen molar-refractivity contribution in [3.05, 3.63) is 160 Å². The SMILES string of the molecule is CCc1sc(C)c2c1C(=O)c1sc3c(C)[se]c(C)c3c1C2=O.Cc1nc2c([nH]1)C(=O)c1c(sc3c(C)sc(C)c13)C2=O.Cc1sc(C)c2c1C(=O)c1oc3c(C)[se]c(C)c3c1C2=O.Cc1sc2c(c1C)C(=O)c1sc3c(C)sc(C)c3c1C2=O. The third-order valence-corrected chi connectivity index (χ3v) is 30.2. The number of aromatic nitrogens is 2. The summed E-state index contributed by atoms with van der Waals surface area (Å²) in [5, 5.41) is 3.91. The summed E-state index contributed by atoms with van der Waals surface area (Å²) in [5.41, 5.74) is 7.84. The number of aryl methyl sites for hydroxylation is 14. The van der Waals surface area contributed by atoms with Crippen molar-refractivity contribution in [2.75, 3.05) is 0 Å². The minimum Gasteiger partial charge on any atom is -0.288 e. The van der Waals surface area contributed by atoms with Gasteiger partial charge in [0.25, 0.3) is 0 Å². The molecular weight excluding hydrogens is 1340 g/mol. The molecular formula is C63H48N2O9S8Se2. The van der Waals surface area contributed by atoms with E-state index in [1.165, 1.54) is 79.6 Å². The van der Waals surface area contributed by atoms with Crippen LogP contribution >= 0.6 is 90.7 Å². The summed E-state index contributed by atoms with van der Waals surface area (Å²) in [7, 11) is 0. The summed E-state index contributed by atoms with van der Waals surface area (Å²) in [5.74, 6) is 0.624. The number of carbonyl (C=O) groups excluding carboxylic acids is 8. The summed E-state index contributed by atoms with van der Waals surface area (Å²) in [6.45, 7) is 29.9. The molecule has 0 amide bonds. The van der Waals surface area contributed by atoms with Crippen molar-refractivity contribution in [3.8, 4) is 0 Å². The molecule has 0 atom stereocenters. The maximum atomic E-state index is 13.1. The van der Waals surface area contributed by atoms with Gasteiger partial charge in [0.15, 0.2) is 0 Å². The van der Waals surface area contributed by atoms with E-state index in [4.69, 9.17) is 4.42 Å². The summed E-state index contributed by atoms with van der Waals surface area (Å²) >= 11 is 12.9. The quantitative estimate of drug-likeness (QED) is 0.156. The monoisotopic (exact) mass is 1390 g/mol. The Hall–Kier alpha value is -5.51. The van der Waals surface area contributed by atoms with Crippen LogP contribution in [0, 0.1) is 96.9 Å². The van der Waals surface area contributed by atoms with Gasteiger partial charge in [0.2, 0.25) is 23.1 Å². The number of fused-ring (bicyclic) bond motifs is 16. The van der Waals surface area contributed by atoms with E-state index in [2.05, 4.69) is 30.7 Å². The molecule has 0 radical (unpaired) electrons. The van der Waals surface area contributed by atoms with E-state index >= 15 is 0 Å². The van der Waals surface area contributed by atoms with Crippen LogP contribution < -0.4 is 0 Å². The first-order valence-electron chi connectivity index (χ1n) is 26.6. The molecule has 0 saturated heterocycles. The number of nitrogens with zero attached hydrogens (tertiary/aromatic N) is 1. The van der Waals surface area contributed by atoms with E-state index < -0.39 is 0 Å². The Morgan fingerprint density at radius 2 is 0.845 bits per heavy atom. The van der Waals surface area contributed by atoms with E-state index in [1.807, 2.05) is 76.2 Å². The smallest absolute Gasteiger partial charge is 0.205 e. The van der Waals surface area contributed by atoms with Crippen molar-refractivity contribution in [1.29, 1.82) is 0 Å². The standard InChI is InChI=1S/C17H14O2S2Se.C16H12O3SSe.C16H12O2S3.C14H10N2O2S2/c1-5-9-12-10(6(2)20-9)14(18)13-11-7(3)22-8(4)16(11)21-17(13)15(12)19;1-5-9-10(6(2)20-5)14(18)16-12(13(9)17)11-7(3)21-8(4)15(11)19-16;1-5-6(2)20-15-9(5)12(17)16-11(13(15)18)10-7(3)19-8(4)14(10)21-16;1-4-7-8-11(17)9-10(16-6(3)15-9)12(18)14(8)20-13(7)5(2)19-4/h5H2,1-4H3;2*1-4H3;1-3H3,(H,15,16). The first-order chi connectivity index (χ1) is 39.8. The Morgan fingerprint density at radius 1 is 0.381 bits per heavy atom.